The van der Waals surface area contributed by atoms with E-state index in [0.29, 0.717) is 12.5 Å². The number of hydrogen-bond acceptors (Lipinski definition) is 3. The first-order chi connectivity index (χ1) is 9.28. The monoisotopic (exact) mass is 304 g/mol. The van der Waals surface area contributed by atoms with Crippen molar-refractivity contribution < 1.29 is 8.42 Å². The lowest BCUT2D eigenvalue weighted by molar-refractivity contribution is 0.140. The molecule has 1 heterocycles. The van der Waals surface area contributed by atoms with E-state index in [9.17, 15) is 8.42 Å². The third-order valence-corrected chi connectivity index (χ3v) is 5.30. The molecular weight excluding hydrogens is 272 g/mol. The Hall–Kier alpha value is -0.130. The average Bonchev–Trinajstić information content (AvgIpc) is 2.31. The fraction of sp³-hybridized carbons (Fsp3) is 1.00. The van der Waals surface area contributed by atoms with Crippen molar-refractivity contribution in [2.75, 3.05) is 31.9 Å². The molecule has 4 nitrogen and oxygen atoms in total. The highest BCUT2D eigenvalue weighted by Gasteiger charge is 2.21. The van der Waals surface area contributed by atoms with Crippen LogP contribution in [-0.4, -0.2) is 45.2 Å². The molecule has 1 fully saturated rings. The number of hydrogen-bond donors (Lipinski definition) is 1. The van der Waals surface area contributed by atoms with Crippen LogP contribution in [0.5, 0.6) is 0 Å². The van der Waals surface area contributed by atoms with Crippen LogP contribution in [-0.2, 0) is 10.0 Å². The fourth-order valence-corrected chi connectivity index (χ4v) is 4.35. The summed E-state index contributed by atoms with van der Waals surface area (Å²) in [4.78, 5) is 2.47. The molecule has 2 atom stereocenters. The van der Waals surface area contributed by atoms with Crippen LogP contribution >= 0.6 is 0 Å². The topological polar surface area (TPSA) is 49.4 Å². The van der Waals surface area contributed by atoms with Gasteiger partial charge in [-0.05, 0) is 43.6 Å². The van der Waals surface area contributed by atoms with E-state index in [1.807, 2.05) is 13.8 Å². The van der Waals surface area contributed by atoms with E-state index in [1.54, 1.807) is 0 Å². The van der Waals surface area contributed by atoms with E-state index in [-0.39, 0.29) is 5.75 Å². The van der Waals surface area contributed by atoms with E-state index in [2.05, 4.69) is 23.5 Å². The highest BCUT2D eigenvalue weighted by atomic mass is 32.2. The molecule has 20 heavy (non-hydrogen) atoms. The van der Waals surface area contributed by atoms with Crippen molar-refractivity contribution in [2.45, 2.75) is 47.0 Å². The Morgan fingerprint density at radius 1 is 1.20 bits per heavy atom. The maximum atomic E-state index is 11.8. The van der Waals surface area contributed by atoms with E-state index in [0.717, 1.165) is 44.3 Å². The van der Waals surface area contributed by atoms with Crippen molar-refractivity contribution in [3.8, 4) is 0 Å². The molecule has 0 saturated carbocycles. The number of nitrogens with zero attached hydrogens (tertiary/aromatic N) is 1. The predicted octanol–water partition coefficient (Wildman–Crippen LogP) is 2.32. The molecule has 0 amide bonds. The lowest BCUT2D eigenvalue weighted by atomic mass is 9.92. The van der Waals surface area contributed by atoms with Gasteiger partial charge in [0, 0.05) is 19.6 Å². The van der Waals surface area contributed by atoms with Crippen molar-refractivity contribution in [1.82, 2.24) is 9.62 Å². The normalized spacial score (nSPS) is 25.2. The van der Waals surface area contributed by atoms with Crippen LogP contribution in [0.15, 0.2) is 0 Å². The number of sulfonamides is 1. The van der Waals surface area contributed by atoms with Crippen LogP contribution in [0.2, 0.25) is 0 Å². The minimum atomic E-state index is -3.07. The second kappa shape index (κ2) is 8.35. The Morgan fingerprint density at radius 2 is 1.80 bits per heavy atom. The predicted molar refractivity (Wildman–Crippen MR) is 85.2 cm³/mol. The highest BCUT2D eigenvalue weighted by molar-refractivity contribution is 7.89. The first-order valence-electron chi connectivity index (χ1n) is 7.98. The van der Waals surface area contributed by atoms with Gasteiger partial charge in [0.15, 0.2) is 0 Å². The summed E-state index contributed by atoms with van der Waals surface area (Å²) in [5.41, 5.74) is 0. The summed E-state index contributed by atoms with van der Waals surface area (Å²) in [6.07, 6.45) is 2.95. The van der Waals surface area contributed by atoms with Crippen LogP contribution in [0.1, 0.15) is 47.0 Å². The van der Waals surface area contributed by atoms with Crippen LogP contribution in [0.4, 0.5) is 0 Å². The van der Waals surface area contributed by atoms with Crippen molar-refractivity contribution in [3.05, 3.63) is 0 Å². The number of piperidine rings is 1. The average molecular weight is 305 g/mol. The van der Waals surface area contributed by atoms with Crippen molar-refractivity contribution in [3.63, 3.8) is 0 Å². The fourth-order valence-electron chi connectivity index (χ4n) is 2.97. The largest absolute Gasteiger partial charge is 0.303 e. The quantitative estimate of drug-likeness (QED) is 0.700. The van der Waals surface area contributed by atoms with E-state index < -0.39 is 10.0 Å². The minimum absolute atomic E-state index is 0.252. The molecule has 1 N–H and O–H groups in total. The molecule has 0 aromatic heterocycles. The molecule has 1 aliphatic heterocycles. The summed E-state index contributed by atoms with van der Waals surface area (Å²) in [5, 5.41) is 0. The van der Waals surface area contributed by atoms with Gasteiger partial charge in [-0.2, -0.15) is 0 Å². The molecule has 1 aliphatic rings. The zero-order valence-electron chi connectivity index (χ0n) is 13.6. The second-order valence-corrected chi connectivity index (χ2v) is 8.88. The summed E-state index contributed by atoms with van der Waals surface area (Å²) >= 11 is 0. The summed E-state index contributed by atoms with van der Waals surface area (Å²) in [6, 6.07) is 0. The molecule has 5 heteroatoms. The summed E-state index contributed by atoms with van der Waals surface area (Å²) in [6.45, 7) is 12.6. The van der Waals surface area contributed by atoms with Gasteiger partial charge in [-0.3, -0.25) is 0 Å². The number of nitrogens with one attached hydrogen (secondary N) is 1. The molecule has 0 spiro atoms. The Kier molecular flexibility index (Phi) is 7.48. The lowest BCUT2D eigenvalue weighted by Crippen LogP contribution is -2.40. The zero-order chi connectivity index (χ0) is 15.2. The van der Waals surface area contributed by atoms with Gasteiger partial charge in [0.05, 0.1) is 5.75 Å². The highest BCUT2D eigenvalue weighted by Crippen LogP contribution is 2.20. The van der Waals surface area contributed by atoms with Gasteiger partial charge in [-0.25, -0.2) is 13.1 Å². The second-order valence-electron chi connectivity index (χ2n) is 6.95. The van der Waals surface area contributed by atoms with Gasteiger partial charge in [-0.1, -0.05) is 27.7 Å². The van der Waals surface area contributed by atoms with Crippen molar-refractivity contribution >= 4 is 10.0 Å². The van der Waals surface area contributed by atoms with E-state index in [1.165, 1.54) is 6.42 Å². The molecular formula is C15H32N2O2S. The Bertz CT molecular complexity index is 358. The Morgan fingerprint density at radius 3 is 2.35 bits per heavy atom. The summed E-state index contributed by atoms with van der Waals surface area (Å²) in [7, 11) is -3.07. The molecule has 0 bridgehead atoms. The smallest absolute Gasteiger partial charge is 0.211 e. The minimum Gasteiger partial charge on any atom is -0.303 e. The van der Waals surface area contributed by atoms with Crippen LogP contribution in [0.25, 0.3) is 0 Å². The number of likely N-dealkylation sites (tertiary alicyclic amines) is 1. The third kappa shape index (κ3) is 7.60. The van der Waals surface area contributed by atoms with E-state index in [4.69, 9.17) is 0 Å². The van der Waals surface area contributed by atoms with Crippen LogP contribution in [0, 0.1) is 17.8 Å². The summed E-state index contributed by atoms with van der Waals surface area (Å²) < 4.78 is 26.3. The maximum absolute atomic E-state index is 11.8. The first kappa shape index (κ1) is 17.9. The molecule has 120 valence electrons. The van der Waals surface area contributed by atoms with Gasteiger partial charge >= 0.3 is 0 Å². The molecule has 0 aromatic rings. The first-order valence-corrected chi connectivity index (χ1v) is 9.63. The third-order valence-electron chi connectivity index (χ3n) is 3.88. The van der Waals surface area contributed by atoms with Gasteiger partial charge in [0.25, 0.3) is 0 Å². The molecule has 0 aliphatic carbocycles. The molecule has 0 aromatic carbocycles. The molecule has 1 saturated heterocycles. The molecule has 2 unspecified atom stereocenters. The van der Waals surface area contributed by atoms with Crippen molar-refractivity contribution in [1.29, 1.82) is 0 Å². The van der Waals surface area contributed by atoms with Gasteiger partial charge in [0.2, 0.25) is 10.0 Å². The van der Waals surface area contributed by atoms with Gasteiger partial charge < -0.3 is 4.90 Å². The van der Waals surface area contributed by atoms with Gasteiger partial charge in [-0.15, -0.1) is 0 Å². The Balaban J connectivity index is 2.18. The standard InChI is InChI=1S/C15H32N2O2S/c1-13(2)6-9-20(18,19)16-7-5-8-17-11-14(3)10-15(4)12-17/h13-16H,5-12H2,1-4H3. The van der Waals surface area contributed by atoms with Gasteiger partial charge in [0.1, 0.15) is 0 Å². The van der Waals surface area contributed by atoms with Crippen molar-refractivity contribution in [2.24, 2.45) is 17.8 Å². The SMILES string of the molecule is CC(C)CCS(=O)(=O)NCCCN1CC(C)CC(C)C1. The number of rotatable bonds is 8. The van der Waals surface area contributed by atoms with Crippen LogP contribution in [0.3, 0.4) is 0 Å². The Labute approximate surface area is 125 Å². The molecule has 1 rings (SSSR count). The van der Waals surface area contributed by atoms with Crippen LogP contribution < -0.4 is 4.72 Å². The molecule has 0 radical (unpaired) electrons. The zero-order valence-corrected chi connectivity index (χ0v) is 14.4. The maximum Gasteiger partial charge on any atom is 0.211 e. The van der Waals surface area contributed by atoms with E-state index >= 15 is 0 Å². The lowest BCUT2D eigenvalue weighted by Gasteiger charge is -2.34. The summed E-state index contributed by atoms with van der Waals surface area (Å²) in [5.74, 6) is 2.22.